The van der Waals surface area contributed by atoms with Crippen LogP contribution in [0.5, 0.6) is 0 Å². The Balaban J connectivity index is 2.31. The largest absolute Gasteiger partial charge is 0.369 e. The molecule has 0 heterocycles. The number of amides is 1. The monoisotopic (exact) mass is 223 g/mol. The van der Waals surface area contributed by atoms with Crippen LogP contribution in [-0.4, -0.2) is 5.91 Å². The third kappa shape index (κ3) is 1.28. The highest BCUT2D eigenvalue weighted by atomic mass is 16.1. The van der Waals surface area contributed by atoms with Crippen LogP contribution in [0.25, 0.3) is 0 Å². The molecule has 2 nitrogen and oxygen atoms in total. The van der Waals surface area contributed by atoms with Crippen molar-refractivity contribution in [1.29, 1.82) is 0 Å². The van der Waals surface area contributed by atoms with E-state index in [2.05, 4.69) is 27.7 Å². The van der Waals surface area contributed by atoms with Gasteiger partial charge < -0.3 is 5.73 Å². The number of rotatable bonds is 3. The predicted octanol–water partition coefficient (Wildman–Crippen LogP) is 2.96. The highest BCUT2D eigenvalue weighted by Gasteiger charge is 2.74. The van der Waals surface area contributed by atoms with Gasteiger partial charge in [0.1, 0.15) is 0 Å². The lowest BCUT2D eigenvalue weighted by molar-refractivity contribution is -0.125. The van der Waals surface area contributed by atoms with Gasteiger partial charge in [0.25, 0.3) is 0 Å². The molecule has 4 unspecified atom stereocenters. The number of carbonyl (C=O) groups excluding carboxylic acids is 1. The molecule has 2 N–H and O–H groups in total. The van der Waals surface area contributed by atoms with E-state index in [1.807, 2.05) is 0 Å². The van der Waals surface area contributed by atoms with Gasteiger partial charge in [0.15, 0.2) is 0 Å². The predicted molar refractivity (Wildman–Crippen MR) is 65.7 cm³/mol. The van der Waals surface area contributed by atoms with Gasteiger partial charge in [-0.3, -0.25) is 4.79 Å². The lowest BCUT2D eigenvalue weighted by Crippen LogP contribution is -2.36. The molecule has 2 aliphatic rings. The fourth-order valence-corrected chi connectivity index (χ4v) is 4.81. The van der Waals surface area contributed by atoms with Crippen LogP contribution in [-0.2, 0) is 4.79 Å². The molecule has 2 fully saturated rings. The van der Waals surface area contributed by atoms with Crippen LogP contribution >= 0.6 is 0 Å². The van der Waals surface area contributed by atoms with E-state index in [4.69, 9.17) is 5.73 Å². The van der Waals surface area contributed by atoms with Crippen molar-refractivity contribution in [2.45, 2.75) is 53.4 Å². The highest BCUT2D eigenvalue weighted by Crippen LogP contribution is 2.78. The van der Waals surface area contributed by atoms with Crippen molar-refractivity contribution in [3.63, 3.8) is 0 Å². The Morgan fingerprint density at radius 2 is 2.06 bits per heavy atom. The smallest absolute Gasteiger partial charge is 0.221 e. The maximum atomic E-state index is 11.7. The van der Waals surface area contributed by atoms with E-state index in [0.29, 0.717) is 5.41 Å². The molecular formula is C14H25NO. The second-order valence-electron chi connectivity index (χ2n) is 6.56. The maximum Gasteiger partial charge on any atom is 0.221 e. The Kier molecular flexibility index (Phi) is 2.60. The Morgan fingerprint density at radius 1 is 1.44 bits per heavy atom. The number of hydrogen-bond donors (Lipinski definition) is 1. The standard InChI is InChI=1S/C14H25NO/c1-5-10(12(15)16)14-8-9(2)6-7-11(14)13(14,3)4/h9-11H,5-8H2,1-4H3,(H2,15,16). The Morgan fingerprint density at radius 3 is 2.56 bits per heavy atom. The minimum Gasteiger partial charge on any atom is -0.369 e. The molecular weight excluding hydrogens is 198 g/mol. The summed E-state index contributed by atoms with van der Waals surface area (Å²) < 4.78 is 0. The molecule has 0 spiro atoms. The van der Waals surface area contributed by atoms with Crippen molar-refractivity contribution in [3.05, 3.63) is 0 Å². The van der Waals surface area contributed by atoms with Crippen LogP contribution in [0.2, 0.25) is 0 Å². The van der Waals surface area contributed by atoms with Gasteiger partial charge in [0.2, 0.25) is 5.91 Å². The fraction of sp³-hybridized carbons (Fsp3) is 0.929. The summed E-state index contributed by atoms with van der Waals surface area (Å²) in [5.74, 6) is 1.50. The summed E-state index contributed by atoms with van der Waals surface area (Å²) in [5, 5.41) is 0. The minimum absolute atomic E-state index is 0.0767. The van der Waals surface area contributed by atoms with E-state index in [1.54, 1.807) is 0 Å². The number of primary amides is 1. The highest BCUT2D eigenvalue weighted by molar-refractivity contribution is 5.78. The first-order chi connectivity index (χ1) is 7.38. The molecule has 0 aliphatic heterocycles. The molecule has 0 bridgehead atoms. The third-order valence-corrected chi connectivity index (χ3v) is 5.62. The lowest BCUT2D eigenvalue weighted by atomic mass is 9.71. The van der Waals surface area contributed by atoms with Crippen molar-refractivity contribution in [1.82, 2.24) is 0 Å². The molecule has 0 radical (unpaired) electrons. The number of fused-ring (bicyclic) bond motifs is 1. The van der Waals surface area contributed by atoms with E-state index < -0.39 is 0 Å². The molecule has 0 aromatic carbocycles. The van der Waals surface area contributed by atoms with Crippen LogP contribution in [0, 0.1) is 28.6 Å². The van der Waals surface area contributed by atoms with Crippen LogP contribution < -0.4 is 5.73 Å². The lowest BCUT2D eigenvalue weighted by Gasteiger charge is -2.33. The number of hydrogen-bond acceptors (Lipinski definition) is 1. The fourth-order valence-electron chi connectivity index (χ4n) is 4.81. The summed E-state index contributed by atoms with van der Waals surface area (Å²) in [6, 6.07) is 0. The van der Waals surface area contributed by atoms with Gasteiger partial charge in [-0.1, -0.05) is 34.1 Å². The van der Waals surface area contributed by atoms with E-state index in [9.17, 15) is 4.79 Å². The summed E-state index contributed by atoms with van der Waals surface area (Å²) >= 11 is 0. The molecule has 2 rings (SSSR count). The van der Waals surface area contributed by atoms with Crippen molar-refractivity contribution >= 4 is 5.91 Å². The molecule has 2 aliphatic carbocycles. The average Bonchev–Trinajstić information content (AvgIpc) is 2.63. The molecule has 16 heavy (non-hydrogen) atoms. The summed E-state index contributed by atoms with van der Waals surface area (Å²) in [6.45, 7) is 9.09. The number of nitrogens with two attached hydrogens (primary N) is 1. The first-order valence-corrected chi connectivity index (χ1v) is 6.67. The Hall–Kier alpha value is -0.530. The molecule has 4 atom stereocenters. The summed E-state index contributed by atoms with van der Waals surface area (Å²) in [5.41, 5.74) is 6.17. The van der Waals surface area contributed by atoms with E-state index >= 15 is 0 Å². The SMILES string of the molecule is CCC(C(N)=O)C12CC(C)CCC1C2(C)C. The van der Waals surface area contributed by atoms with Crippen LogP contribution in [0.15, 0.2) is 0 Å². The average molecular weight is 223 g/mol. The first-order valence-electron chi connectivity index (χ1n) is 6.67. The third-order valence-electron chi connectivity index (χ3n) is 5.62. The quantitative estimate of drug-likeness (QED) is 0.785. The van der Waals surface area contributed by atoms with Crippen molar-refractivity contribution in [2.24, 2.45) is 34.3 Å². The zero-order valence-corrected chi connectivity index (χ0v) is 11.0. The van der Waals surface area contributed by atoms with Crippen LogP contribution in [0.3, 0.4) is 0 Å². The molecule has 0 aromatic rings. The normalized spacial score (nSPS) is 42.2. The molecule has 1 amide bonds. The van der Waals surface area contributed by atoms with E-state index in [0.717, 1.165) is 18.3 Å². The van der Waals surface area contributed by atoms with Gasteiger partial charge in [0.05, 0.1) is 0 Å². The summed E-state index contributed by atoms with van der Waals surface area (Å²) in [6.07, 6.45) is 4.72. The van der Waals surface area contributed by atoms with E-state index in [1.165, 1.54) is 19.3 Å². The summed E-state index contributed by atoms with van der Waals surface area (Å²) in [4.78, 5) is 11.7. The number of carbonyl (C=O) groups is 1. The maximum absolute atomic E-state index is 11.7. The zero-order valence-electron chi connectivity index (χ0n) is 11.0. The van der Waals surface area contributed by atoms with Crippen molar-refractivity contribution in [2.75, 3.05) is 0 Å². The van der Waals surface area contributed by atoms with Crippen LogP contribution in [0.1, 0.15) is 53.4 Å². The van der Waals surface area contributed by atoms with Crippen molar-refractivity contribution in [3.8, 4) is 0 Å². The second-order valence-corrected chi connectivity index (χ2v) is 6.56. The second kappa shape index (κ2) is 3.48. The van der Waals surface area contributed by atoms with Crippen LogP contribution in [0.4, 0.5) is 0 Å². The van der Waals surface area contributed by atoms with Gasteiger partial charge in [-0.15, -0.1) is 0 Å². The summed E-state index contributed by atoms with van der Waals surface area (Å²) in [7, 11) is 0. The minimum atomic E-state index is -0.0767. The van der Waals surface area contributed by atoms with Gasteiger partial charge in [0, 0.05) is 5.92 Å². The topological polar surface area (TPSA) is 43.1 Å². The first kappa shape index (κ1) is 11.9. The molecule has 0 saturated heterocycles. The zero-order chi connectivity index (χ0) is 12.1. The molecule has 2 saturated carbocycles. The Bertz CT molecular complexity index is 310. The molecule has 92 valence electrons. The van der Waals surface area contributed by atoms with Crippen molar-refractivity contribution < 1.29 is 4.79 Å². The molecule has 2 heteroatoms. The molecule has 0 aromatic heterocycles. The van der Waals surface area contributed by atoms with Gasteiger partial charge in [-0.05, 0) is 41.9 Å². The van der Waals surface area contributed by atoms with Gasteiger partial charge in [-0.25, -0.2) is 0 Å². The van der Waals surface area contributed by atoms with Gasteiger partial charge >= 0.3 is 0 Å². The Labute approximate surface area is 99.0 Å². The van der Waals surface area contributed by atoms with E-state index in [-0.39, 0.29) is 17.2 Å². The van der Waals surface area contributed by atoms with Gasteiger partial charge in [-0.2, -0.15) is 0 Å².